The lowest BCUT2D eigenvalue weighted by atomic mass is 10.0. The Bertz CT molecular complexity index is 1970. The third-order valence-electron chi connectivity index (χ3n) is 17.6. The van der Waals surface area contributed by atoms with Crippen molar-refractivity contribution in [2.75, 3.05) is 39.6 Å². The van der Waals surface area contributed by atoms with E-state index in [0.717, 1.165) is 121 Å². The Balaban J connectivity index is 5.15. The maximum Gasteiger partial charge on any atom is 0.472 e. The Kier molecular flexibility index (Phi) is 67.5. The first-order chi connectivity index (χ1) is 46.9. The summed E-state index contributed by atoms with van der Waals surface area (Å²) in [5.74, 6) is -0.547. The first-order valence-electron chi connectivity index (χ1n) is 39.8. The van der Waals surface area contributed by atoms with Crippen LogP contribution in [-0.2, 0) is 65.4 Å². The number of carbonyl (C=O) groups is 4. The second-order valence-electron chi connectivity index (χ2n) is 28.4. The summed E-state index contributed by atoms with van der Waals surface area (Å²) in [5, 5.41) is 10.6. The summed E-state index contributed by atoms with van der Waals surface area (Å²) in [7, 11) is -9.92. The Morgan fingerprint density at radius 2 is 0.557 bits per heavy atom. The molecule has 0 heterocycles. The third-order valence-corrected chi connectivity index (χ3v) is 19.5. The predicted octanol–water partition coefficient (Wildman–Crippen LogP) is 22.7. The fraction of sp³-hybridized carbons (Fsp3) is 0.897. The van der Waals surface area contributed by atoms with Crippen LogP contribution in [0.1, 0.15) is 382 Å². The lowest BCUT2D eigenvalue weighted by Gasteiger charge is -2.21. The number of aliphatic hydroxyl groups is 1. The first-order valence-corrected chi connectivity index (χ1v) is 42.8. The maximum absolute atomic E-state index is 13.1. The molecular formula is C78H148O17P2. The number of phosphoric ester groups is 2. The van der Waals surface area contributed by atoms with Gasteiger partial charge in [-0.05, 0) is 63.2 Å². The van der Waals surface area contributed by atoms with E-state index in [9.17, 15) is 43.2 Å². The van der Waals surface area contributed by atoms with Crippen LogP contribution in [0.15, 0.2) is 24.3 Å². The standard InChI is InChI=1S/C78H148O17P2/c1-7-9-11-13-14-15-16-17-22-28-34-39-44-50-56-62-77(82)94-73(66-88-75(80)60-54-46-12-10-8-2)68-92-96(84,85)90-64-72(79)65-91-97(86,87)93-69-74(67-89-76(81)61-55-49-43-38-33-30-25-27-32-37-42-48-53-59-71(5)6)95-78(83)63-57-51-45-40-35-29-24-21-19-18-20-23-26-31-36-41-47-52-58-70(3)4/h15-17,22,70-74,79H,7-14,18-21,23-69H2,1-6H3,(H,84,85)(H,86,87)/b16-15-,22-17-/t72-,73+,74+/m0/s1. The molecule has 0 spiro atoms. The van der Waals surface area contributed by atoms with Gasteiger partial charge in [-0.2, -0.15) is 0 Å². The van der Waals surface area contributed by atoms with Gasteiger partial charge in [0.2, 0.25) is 0 Å². The summed E-state index contributed by atoms with van der Waals surface area (Å²) in [6.07, 6.45) is 60.9. The molecular weight excluding hydrogens is 1270 g/mol. The number of aliphatic hydroxyl groups excluding tert-OH is 1. The average Bonchev–Trinajstić information content (AvgIpc) is 1.31. The molecule has 0 rings (SSSR count). The molecule has 572 valence electrons. The van der Waals surface area contributed by atoms with Gasteiger partial charge < -0.3 is 33.8 Å². The Morgan fingerprint density at radius 3 is 0.845 bits per heavy atom. The number of hydrogen-bond acceptors (Lipinski definition) is 15. The van der Waals surface area contributed by atoms with Crippen molar-refractivity contribution in [3.8, 4) is 0 Å². The van der Waals surface area contributed by atoms with Crippen LogP contribution in [0.4, 0.5) is 0 Å². The number of esters is 4. The minimum Gasteiger partial charge on any atom is -0.462 e. The molecule has 97 heavy (non-hydrogen) atoms. The lowest BCUT2D eigenvalue weighted by Crippen LogP contribution is -2.30. The zero-order valence-electron chi connectivity index (χ0n) is 62.9. The second kappa shape index (κ2) is 69.3. The molecule has 0 aliphatic carbocycles. The second-order valence-corrected chi connectivity index (χ2v) is 31.3. The molecule has 0 saturated carbocycles. The summed E-state index contributed by atoms with van der Waals surface area (Å²) < 4.78 is 68.3. The van der Waals surface area contributed by atoms with E-state index in [0.29, 0.717) is 25.7 Å². The molecule has 0 bridgehead atoms. The highest BCUT2D eigenvalue weighted by Crippen LogP contribution is 2.45. The molecule has 0 amide bonds. The first kappa shape index (κ1) is 94.5. The SMILES string of the molecule is CCCCCC/C=C\C=C/CCCCCCCC(=O)O[C@H](COC(=O)CCCCCCC)COP(=O)(O)OC[C@H](O)COP(=O)(O)OC[C@@H](COC(=O)CCCCCCCCCCCCCCCC(C)C)OC(=O)CCCCCCCCCCCCCCCCCCCCC(C)C. The van der Waals surface area contributed by atoms with Gasteiger partial charge in [0.05, 0.1) is 26.4 Å². The lowest BCUT2D eigenvalue weighted by molar-refractivity contribution is -0.161. The highest BCUT2D eigenvalue weighted by molar-refractivity contribution is 7.47. The quantitative estimate of drug-likeness (QED) is 0.0169. The van der Waals surface area contributed by atoms with Gasteiger partial charge in [0.1, 0.15) is 19.3 Å². The summed E-state index contributed by atoms with van der Waals surface area (Å²) in [5.41, 5.74) is 0. The minimum absolute atomic E-state index is 0.0842. The van der Waals surface area contributed by atoms with Crippen LogP contribution in [0.3, 0.4) is 0 Å². The van der Waals surface area contributed by atoms with Crippen molar-refractivity contribution in [2.24, 2.45) is 11.8 Å². The van der Waals surface area contributed by atoms with Crippen molar-refractivity contribution < 1.29 is 80.2 Å². The molecule has 0 radical (unpaired) electrons. The molecule has 2 unspecified atom stereocenters. The summed E-state index contributed by atoms with van der Waals surface area (Å²) in [6.45, 7) is 9.50. The number of ether oxygens (including phenoxy) is 4. The molecule has 0 aliphatic heterocycles. The number of carbonyl (C=O) groups excluding carboxylic acids is 4. The van der Waals surface area contributed by atoms with Gasteiger partial charge in [0, 0.05) is 25.7 Å². The summed E-state index contributed by atoms with van der Waals surface area (Å²) >= 11 is 0. The van der Waals surface area contributed by atoms with Crippen LogP contribution >= 0.6 is 15.6 Å². The highest BCUT2D eigenvalue weighted by Gasteiger charge is 2.30. The van der Waals surface area contributed by atoms with E-state index in [1.54, 1.807) is 0 Å². The molecule has 19 heteroatoms. The summed E-state index contributed by atoms with van der Waals surface area (Å²) in [6, 6.07) is 0. The number of allylic oxidation sites excluding steroid dienone is 4. The Morgan fingerprint density at radius 1 is 0.320 bits per heavy atom. The smallest absolute Gasteiger partial charge is 0.462 e. The van der Waals surface area contributed by atoms with Crippen LogP contribution < -0.4 is 0 Å². The zero-order valence-corrected chi connectivity index (χ0v) is 64.7. The van der Waals surface area contributed by atoms with Crippen LogP contribution in [0.2, 0.25) is 0 Å². The zero-order chi connectivity index (χ0) is 71.4. The van der Waals surface area contributed by atoms with Gasteiger partial charge in [-0.3, -0.25) is 37.3 Å². The van der Waals surface area contributed by atoms with Crippen molar-refractivity contribution in [2.45, 2.75) is 400 Å². The van der Waals surface area contributed by atoms with Gasteiger partial charge in [-0.1, -0.05) is 329 Å². The Labute approximate surface area is 592 Å². The fourth-order valence-electron chi connectivity index (χ4n) is 11.5. The molecule has 0 aromatic rings. The van der Waals surface area contributed by atoms with Gasteiger partial charge in [-0.15, -0.1) is 0 Å². The van der Waals surface area contributed by atoms with E-state index >= 15 is 0 Å². The van der Waals surface area contributed by atoms with Crippen LogP contribution in [-0.4, -0.2) is 96.7 Å². The number of phosphoric acid groups is 2. The van der Waals surface area contributed by atoms with Crippen LogP contribution in [0.25, 0.3) is 0 Å². The molecule has 17 nitrogen and oxygen atoms in total. The van der Waals surface area contributed by atoms with Crippen molar-refractivity contribution in [1.29, 1.82) is 0 Å². The normalized spacial score (nSPS) is 14.1. The largest absolute Gasteiger partial charge is 0.472 e. The van der Waals surface area contributed by atoms with E-state index in [1.807, 2.05) is 0 Å². The van der Waals surface area contributed by atoms with Crippen molar-refractivity contribution in [3.63, 3.8) is 0 Å². The van der Waals surface area contributed by atoms with Crippen molar-refractivity contribution in [3.05, 3.63) is 24.3 Å². The monoisotopic (exact) mass is 1420 g/mol. The third kappa shape index (κ3) is 71.7. The van der Waals surface area contributed by atoms with Crippen LogP contribution in [0.5, 0.6) is 0 Å². The van der Waals surface area contributed by atoms with E-state index in [1.165, 1.54) is 180 Å². The molecule has 0 saturated heterocycles. The minimum atomic E-state index is -4.96. The molecule has 0 aromatic carbocycles. The van der Waals surface area contributed by atoms with Crippen LogP contribution in [0, 0.1) is 11.8 Å². The topological polar surface area (TPSA) is 237 Å². The van der Waals surface area contributed by atoms with Gasteiger partial charge in [-0.25, -0.2) is 9.13 Å². The maximum atomic E-state index is 13.1. The predicted molar refractivity (Wildman–Crippen MR) is 395 cm³/mol. The molecule has 3 N–H and O–H groups in total. The highest BCUT2D eigenvalue weighted by atomic mass is 31.2. The average molecular weight is 1420 g/mol. The van der Waals surface area contributed by atoms with Crippen molar-refractivity contribution in [1.82, 2.24) is 0 Å². The fourth-order valence-corrected chi connectivity index (χ4v) is 13.0. The van der Waals surface area contributed by atoms with E-state index in [4.69, 9.17) is 37.0 Å². The molecule has 0 aliphatic rings. The van der Waals surface area contributed by atoms with Gasteiger partial charge >= 0.3 is 39.5 Å². The van der Waals surface area contributed by atoms with Gasteiger partial charge in [0.15, 0.2) is 12.2 Å². The summed E-state index contributed by atoms with van der Waals surface area (Å²) in [4.78, 5) is 72.6. The molecule has 0 aromatic heterocycles. The van der Waals surface area contributed by atoms with E-state index in [2.05, 4.69) is 65.8 Å². The number of unbranched alkanes of at least 4 members (excludes halogenated alkanes) is 42. The molecule has 0 fully saturated rings. The van der Waals surface area contributed by atoms with E-state index in [-0.39, 0.29) is 25.7 Å². The number of hydrogen-bond donors (Lipinski definition) is 3. The van der Waals surface area contributed by atoms with Gasteiger partial charge in [0.25, 0.3) is 0 Å². The van der Waals surface area contributed by atoms with Crippen molar-refractivity contribution >= 4 is 39.5 Å². The number of rotatable bonds is 75. The Hall–Kier alpha value is -2.46. The van der Waals surface area contributed by atoms with E-state index < -0.39 is 97.5 Å². The molecule has 5 atom stereocenters.